The first-order valence-corrected chi connectivity index (χ1v) is 10.3. The van der Waals surface area contributed by atoms with Gasteiger partial charge in [-0.05, 0) is 63.1 Å². The van der Waals surface area contributed by atoms with Crippen molar-refractivity contribution in [1.82, 2.24) is 14.4 Å². The molecule has 1 saturated heterocycles. The fraction of sp³-hybridized carbons (Fsp3) is 0.435. The van der Waals surface area contributed by atoms with Crippen molar-refractivity contribution >= 4 is 17.6 Å². The number of hydrogen-bond acceptors (Lipinski definition) is 4. The third kappa shape index (κ3) is 4.78. The summed E-state index contributed by atoms with van der Waals surface area (Å²) < 4.78 is 15.2. The molecule has 1 aromatic heterocycles. The monoisotopic (exact) mass is 425 g/mol. The van der Waals surface area contributed by atoms with Gasteiger partial charge >= 0.3 is 0 Å². The molecule has 164 valence electrons. The van der Waals surface area contributed by atoms with E-state index >= 15 is 0 Å². The topological polar surface area (TPSA) is 81.4 Å². The molecule has 2 aromatic rings. The summed E-state index contributed by atoms with van der Waals surface area (Å²) in [6, 6.07) is 8.09. The molecule has 8 heteroatoms. The van der Waals surface area contributed by atoms with Crippen LogP contribution >= 0.6 is 0 Å². The van der Waals surface area contributed by atoms with Crippen LogP contribution in [0, 0.1) is 36.9 Å². The number of hydrogen-bond donors (Lipinski definition) is 1. The summed E-state index contributed by atoms with van der Waals surface area (Å²) in [6.45, 7) is 5.09. The average Bonchev–Trinajstić information content (AvgIpc) is 2.97. The first-order valence-electron chi connectivity index (χ1n) is 10.3. The molecule has 2 amide bonds. The van der Waals surface area contributed by atoms with Gasteiger partial charge in [0.15, 0.2) is 0 Å². The van der Waals surface area contributed by atoms with Crippen molar-refractivity contribution in [2.45, 2.75) is 26.7 Å². The Hall–Kier alpha value is -3.18. The molecule has 1 N–H and O–H groups in total. The number of carbonyl (C=O) groups excluding carboxylic acids is 2. The van der Waals surface area contributed by atoms with Gasteiger partial charge in [0, 0.05) is 32.0 Å². The zero-order chi connectivity index (χ0) is 22.7. The molecule has 7 nitrogen and oxygen atoms in total. The Morgan fingerprint density at radius 1 is 1.26 bits per heavy atom. The largest absolute Gasteiger partial charge is 0.349 e. The summed E-state index contributed by atoms with van der Waals surface area (Å²) in [5, 5.41) is 12.6. The first-order chi connectivity index (χ1) is 14.7. The van der Waals surface area contributed by atoms with Gasteiger partial charge in [0.2, 0.25) is 11.8 Å². The van der Waals surface area contributed by atoms with Crippen LogP contribution < -0.4 is 5.32 Å². The van der Waals surface area contributed by atoms with Crippen LogP contribution in [0.2, 0.25) is 0 Å². The molecule has 1 atom stereocenters. The van der Waals surface area contributed by atoms with Crippen molar-refractivity contribution in [3.05, 3.63) is 46.9 Å². The van der Waals surface area contributed by atoms with Crippen molar-refractivity contribution in [3.63, 3.8) is 0 Å². The maximum absolute atomic E-state index is 13.4. The number of halogens is 1. The van der Waals surface area contributed by atoms with E-state index in [9.17, 15) is 19.2 Å². The highest BCUT2D eigenvalue weighted by atomic mass is 19.1. The molecule has 0 bridgehead atoms. The lowest BCUT2D eigenvalue weighted by atomic mass is 9.97. The summed E-state index contributed by atoms with van der Waals surface area (Å²) in [6.07, 6.45) is 1.67. The van der Waals surface area contributed by atoms with E-state index in [2.05, 4.69) is 11.4 Å². The molecular formula is C23H28FN5O2. The van der Waals surface area contributed by atoms with Crippen molar-refractivity contribution in [3.8, 4) is 11.8 Å². The molecule has 1 aliphatic rings. The molecule has 0 spiro atoms. The number of carbonyl (C=O) groups is 2. The number of nitrogens with one attached hydrogen (secondary N) is 1. The predicted octanol–water partition coefficient (Wildman–Crippen LogP) is 2.84. The average molecular weight is 426 g/mol. The second kappa shape index (κ2) is 9.31. The summed E-state index contributed by atoms with van der Waals surface area (Å²) >= 11 is 0. The molecule has 31 heavy (non-hydrogen) atoms. The van der Waals surface area contributed by atoms with E-state index in [0.717, 1.165) is 30.6 Å². The lowest BCUT2D eigenvalue weighted by Gasteiger charge is -2.32. The zero-order valence-electron chi connectivity index (χ0n) is 18.4. The molecule has 1 aromatic carbocycles. The quantitative estimate of drug-likeness (QED) is 0.799. The molecule has 1 unspecified atom stereocenters. The van der Waals surface area contributed by atoms with Gasteiger partial charge in [0.25, 0.3) is 0 Å². The summed E-state index contributed by atoms with van der Waals surface area (Å²) in [4.78, 5) is 28.8. The van der Waals surface area contributed by atoms with E-state index in [1.54, 1.807) is 35.7 Å². The number of nitriles is 1. The van der Waals surface area contributed by atoms with Crippen LogP contribution in [0.15, 0.2) is 24.3 Å². The Kier molecular flexibility index (Phi) is 6.76. The molecule has 3 rings (SSSR count). The highest BCUT2D eigenvalue weighted by Crippen LogP contribution is 2.30. The minimum atomic E-state index is -0.358. The Morgan fingerprint density at radius 3 is 2.55 bits per heavy atom. The van der Waals surface area contributed by atoms with E-state index < -0.39 is 0 Å². The number of aromatic nitrogens is 1. The van der Waals surface area contributed by atoms with E-state index in [-0.39, 0.29) is 30.1 Å². The summed E-state index contributed by atoms with van der Waals surface area (Å²) in [5.74, 6) is -0.266. The number of piperidine rings is 1. The predicted molar refractivity (Wildman–Crippen MR) is 116 cm³/mol. The highest BCUT2D eigenvalue weighted by molar-refractivity contribution is 5.93. The van der Waals surface area contributed by atoms with Gasteiger partial charge in [0.1, 0.15) is 17.7 Å². The third-order valence-electron chi connectivity index (χ3n) is 5.83. The molecule has 1 fully saturated rings. The highest BCUT2D eigenvalue weighted by Gasteiger charge is 2.28. The number of benzene rings is 1. The summed E-state index contributed by atoms with van der Waals surface area (Å²) in [7, 11) is 3.48. The van der Waals surface area contributed by atoms with Crippen LogP contribution in [0.5, 0.6) is 0 Å². The molecule has 2 heterocycles. The molecule has 0 aliphatic carbocycles. The van der Waals surface area contributed by atoms with E-state index in [1.165, 1.54) is 12.1 Å². The van der Waals surface area contributed by atoms with Crippen molar-refractivity contribution in [2.24, 2.45) is 5.92 Å². The Morgan fingerprint density at radius 2 is 1.94 bits per heavy atom. The van der Waals surface area contributed by atoms with E-state index in [4.69, 9.17) is 0 Å². The molecule has 0 saturated carbocycles. The Labute approximate surface area is 182 Å². The summed E-state index contributed by atoms with van der Waals surface area (Å²) in [5.41, 5.74) is 2.60. The lowest BCUT2D eigenvalue weighted by Crippen LogP contribution is -2.45. The SMILES string of the molecule is Cc1c(C#N)c(NC(=O)CN2CCCC(C(=O)N(C)C)C2)n(-c2ccc(F)cc2)c1C. The van der Waals surface area contributed by atoms with Crippen LogP contribution in [0.3, 0.4) is 0 Å². The minimum absolute atomic E-state index is 0.0771. The van der Waals surface area contributed by atoms with Crippen molar-refractivity contribution in [2.75, 3.05) is 39.0 Å². The van der Waals surface area contributed by atoms with Crippen LogP contribution in [-0.2, 0) is 9.59 Å². The van der Waals surface area contributed by atoms with Gasteiger partial charge in [-0.15, -0.1) is 0 Å². The Balaban J connectivity index is 1.81. The van der Waals surface area contributed by atoms with Gasteiger partial charge in [-0.2, -0.15) is 5.26 Å². The maximum atomic E-state index is 13.4. The van der Waals surface area contributed by atoms with E-state index in [0.29, 0.717) is 23.6 Å². The number of likely N-dealkylation sites (tertiary alicyclic amines) is 1. The number of anilines is 1. The molecular weight excluding hydrogens is 397 g/mol. The number of amides is 2. The van der Waals surface area contributed by atoms with Gasteiger partial charge in [-0.25, -0.2) is 4.39 Å². The standard InChI is InChI=1S/C23H28FN5O2/c1-15-16(2)29(19-9-7-18(24)8-10-19)22(20(15)12-25)26-21(30)14-28-11-5-6-17(13-28)23(31)27(3)4/h7-10,17H,5-6,11,13-14H2,1-4H3,(H,26,30). The van der Waals surface area contributed by atoms with E-state index in [1.807, 2.05) is 18.7 Å². The fourth-order valence-electron chi connectivity index (χ4n) is 4.11. The van der Waals surface area contributed by atoms with Gasteiger partial charge < -0.3 is 10.2 Å². The van der Waals surface area contributed by atoms with Crippen LogP contribution in [-0.4, -0.2) is 59.9 Å². The number of nitrogens with zero attached hydrogens (tertiary/aromatic N) is 4. The van der Waals surface area contributed by atoms with Crippen molar-refractivity contribution < 1.29 is 14.0 Å². The number of rotatable bonds is 5. The lowest BCUT2D eigenvalue weighted by molar-refractivity contribution is -0.135. The van der Waals surface area contributed by atoms with Gasteiger partial charge in [-0.1, -0.05) is 0 Å². The van der Waals surface area contributed by atoms with Gasteiger partial charge in [-0.3, -0.25) is 19.1 Å². The molecule has 1 aliphatic heterocycles. The third-order valence-corrected chi connectivity index (χ3v) is 5.83. The second-order valence-electron chi connectivity index (χ2n) is 8.21. The van der Waals surface area contributed by atoms with Crippen LogP contribution in [0.25, 0.3) is 5.69 Å². The van der Waals surface area contributed by atoms with Crippen LogP contribution in [0.1, 0.15) is 29.7 Å². The van der Waals surface area contributed by atoms with Crippen LogP contribution in [0.4, 0.5) is 10.2 Å². The smallest absolute Gasteiger partial charge is 0.239 e. The van der Waals surface area contributed by atoms with Crippen molar-refractivity contribution in [1.29, 1.82) is 5.26 Å². The maximum Gasteiger partial charge on any atom is 0.239 e. The fourth-order valence-corrected chi connectivity index (χ4v) is 4.11. The first kappa shape index (κ1) is 22.5. The van der Waals surface area contributed by atoms with Gasteiger partial charge in [0.05, 0.1) is 18.0 Å². The molecule has 0 radical (unpaired) electrons. The normalized spacial score (nSPS) is 16.6. The minimum Gasteiger partial charge on any atom is -0.349 e. The second-order valence-corrected chi connectivity index (χ2v) is 8.21. The Bertz CT molecular complexity index is 1020. The zero-order valence-corrected chi connectivity index (χ0v) is 18.4.